The lowest BCUT2D eigenvalue weighted by atomic mass is 10.0. The number of hydrogen-bond acceptors (Lipinski definition) is 2. The predicted octanol–water partition coefficient (Wildman–Crippen LogP) is 0.496. The fourth-order valence-corrected chi connectivity index (χ4v) is 1.29. The summed E-state index contributed by atoms with van der Waals surface area (Å²) in [5, 5.41) is 5.71. The maximum atomic E-state index is 11.3. The highest BCUT2D eigenvalue weighted by Crippen LogP contribution is 2.08. The number of nitrogens with one attached hydrogen (secondary N) is 2. The molecule has 13 heavy (non-hydrogen) atoms. The molecule has 0 aromatic carbocycles. The van der Waals surface area contributed by atoms with Gasteiger partial charge in [0.2, 0.25) is 5.91 Å². The molecule has 1 saturated heterocycles. The van der Waals surface area contributed by atoms with Crippen LogP contribution < -0.4 is 10.6 Å². The highest BCUT2D eigenvalue weighted by molar-refractivity contribution is 6.06. The average Bonchev–Trinajstić information content (AvgIpc) is 2.43. The van der Waals surface area contributed by atoms with Gasteiger partial charge in [0, 0.05) is 7.05 Å². The van der Waals surface area contributed by atoms with Gasteiger partial charge < -0.3 is 5.32 Å². The van der Waals surface area contributed by atoms with Crippen molar-refractivity contribution < 1.29 is 4.79 Å². The topological polar surface area (TPSA) is 53.5 Å². The minimum atomic E-state index is -0.0823. The largest absolute Gasteiger partial charge is 0.344 e. The van der Waals surface area contributed by atoms with E-state index in [0.29, 0.717) is 11.9 Å². The zero-order chi connectivity index (χ0) is 9.84. The fourth-order valence-electron chi connectivity index (χ4n) is 1.29. The van der Waals surface area contributed by atoms with Crippen molar-refractivity contribution >= 4 is 11.9 Å². The van der Waals surface area contributed by atoms with Crippen LogP contribution in [-0.2, 0) is 4.79 Å². The first-order valence-electron chi connectivity index (χ1n) is 4.67. The Morgan fingerprint density at radius 2 is 2.23 bits per heavy atom. The number of amides is 1. The molecule has 1 amide bonds. The fraction of sp³-hybridized carbons (Fsp3) is 0.778. The third-order valence-corrected chi connectivity index (χ3v) is 2.13. The van der Waals surface area contributed by atoms with E-state index in [1.165, 1.54) is 0 Å². The Hall–Kier alpha value is -1.06. The van der Waals surface area contributed by atoms with Crippen molar-refractivity contribution in [2.24, 2.45) is 10.9 Å². The highest BCUT2D eigenvalue weighted by Gasteiger charge is 2.27. The molecule has 4 nitrogen and oxygen atoms in total. The van der Waals surface area contributed by atoms with Crippen LogP contribution in [0, 0.1) is 5.92 Å². The zero-order valence-electron chi connectivity index (χ0n) is 8.42. The Morgan fingerprint density at radius 3 is 2.69 bits per heavy atom. The third kappa shape index (κ3) is 2.72. The van der Waals surface area contributed by atoms with Crippen LogP contribution in [-0.4, -0.2) is 25.0 Å². The Bertz CT molecular complexity index is 223. The van der Waals surface area contributed by atoms with Gasteiger partial charge in [-0.2, -0.15) is 0 Å². The summed E-state index contributed by atoms with van der Waals surface area (Å²) in [5.41, 5.74) is 0. The summed E-state index contributed by atoms with van der Waals surface area (Å²) in [6.07, 6.45) is 1.94. The summed E-state index contributed by atoms with van der Waals surface area (Å²) in [6, 6.07) is -0.0823. The second kappa shape index (κ2) is 4.25. The summed E-state index contributed by atoms with van der Waals surface area (Å²) in [5.74, 6) is 1.28. The second-order valence-corrected chi connectivity index (χ2v) is 3.73. The summed E-state index contributed by atoms with van der Waals surface area (Å²) in [4.78, 5) is 15.2. The van der Waals surface area contributed by atoms with Gasteiger partial charge in [-0.3, -0.25) is 15.1 Å². The summed E-state index contributed by atoms with van der Waals surface area (Å²) < 4.78 is 0. The van der Waals surface area contributed by atoms with Crippen LogP contribution in [0.25, 0.3) is 0 Å². The van der Waals surface area contributed by atoms with Crippen molar-refractivity contribution in [3.05, 3.63) is 0 Å². The molecule has 1 fully saturated rings. The molecule has 1 unspecified atom stereocenters. The van der Waals surface area contributed by atoms with E-state index in [9.17, 15) is 4.79 Å². The molecular weight excluding hydrogens is 166 g/mol. The molecule has 1 rings (SSSR count). The van der Waals surface area contributed by atoms with E-state index in [1.54, 1.807) is 7.05 Å². The quantitative estimate of drug-likeness (QED) is 0.669. The van der Waals surface area contributed by atoms with Gasteiger partial charge in [0.25, 0.3) is 0 Å². The Kier molecular flexibility index (Phi) is 3.28. The SMILES string of the molecule is CN=C1NC(=O)C(CCC(C)C)N1. The molecule has 1 aliphatic rings. The van der Waals surface area contributed by atoms with Crippen molar-refractivity contribution in [3.63, 3.8) is 0 Å². The van der Waals surface area contributed by atoms with E-state index in [0.717, 1.165) is 12.8 Å². The first kappa shape index (κ1) is 10.0. The molecule has 0 saturated carbocycles. The van der Waals surface area contributed by atoms with Gasteiger partial charge in [-0.25, -0.2) is 0 Å². The number of carbonyl (C=O) groups excluding carboxylic acids is 1. The monoisotopic (exact) mass is 183 g/mol. The number of hydrogen-bond donors (Lipinski definition) is 2. The summed E-state index contributed by atoms with van der Waals surface area (Å²) in [7, 11) is 1.66. The van der Waals surface area contributed by atoms with Gasteiger partial charge in [0.15, 0.2) is 5.96 Å². The minimum absolute atomic E-state index is 0.0428. The van der Waals surface area contributed by atoms with E-state index >= 15 is 0 Å². The van der Waals surface area contributed by atoms with Crippen LogP contribution in [0.1, 0.15) is 26.7 Å². The van der Waals surface area contributed by atoms with Gasteiger partial charge in [-0.1, -0.05) is 13.8 Å². The maximum Gasteiger partial charge on any atom is 0.249 e. The van der Waals surface area contributed by atoms with Crippen LogP contribution in [0.2, 0.25) is 0 Å². The molecule has 1 heterocycles. The summed E-state index contributed by atoms with van der Waals surface area (Å²) in [6.45, 7) is 4.31. The van der Waals surface area contributed by atoms with Crippen molar-refractivity contribution in [3.8, 4) is 0 Å². The van der Waals surface area contributed by atoms with Gasteiger partial charge in [0.05, 0.1) is 0 Å². The average molecular weight is 183 g/mol. The molecule has 0 bridgehead atoms. The lowest BCUT2D eigenvalue weighted by molar-refractivity contribution is -0.120. The normalized spacial score (nSPS) is 25.1. The molecule has 0 aromatic heterocycles. The van der Waals surface area contributed by atoms with Crippen LogP contribution in [0.15, 0.2) is 4.99 Å². The smallest absolute Gasteiger partial charge is 0.249 e. The number of aliphatic imine (C=N–C) groups is 1. The number of carbonyl (C=O) groups is 1. The van der Waals surface area contributed by atoms with Gasteiger partial charge in [-0.15, -0.1) is 0 Å². The molecule has 4 heteroatoms. The highest BCUT2D eigenvalue weighted by atomic mass is 16.2. The van der Waals surface area contributed by atoms with E-state index < -0.39 is 0 Å². The first-order chi connectivity index (χ1) is 6.13. The Labute approximate surface area is 78.8 Å². The van der Waals surface area contributed by atoms with E-state index in [-0.39, 0.29) is 11.9 Å². The van der Waals surface area contributed by atoms with Crippen LogP contribution in [0.3, 0.4) is 0 Å². The lowest BCUT2D eigenvalue weighted by Gasteiger charge is -2.08. The first-order valence-corrected chi connectivity index (χ1v) is 4.67. The lowest BCUT2D eigenvalue weighted by Crippen LogP contribution is -2.29. The number of nitrogens with zero attached hydrogens (tertiary/aromatic N) is 1. The van der Waals surface area contributed by atoms with Gasteiger partial charge in [-0.05, 0) is 18.8 Å². The standard InChI is InChI=1S/C9H17N3O/c1-6(2)4-5-7-8(13)12-9(10-3)11-7/h6-7H,4-5H2,1-3H3,(H2,10,11,12,13). The third-order valence-electron chi connectivity index (χ3n) is 2.13. The molecule has 0 radical (unpaired) electrons. The molecule has 2 N–H and O–H groups in total. The van der Waals surface area contributed by atoms with Crippen LogP contribution in [0.4, 0.5) is 0 Å². The molecule has 0 spiro atoms. The molecule has 1 atom stereocenters. The molecule has 0 aromatic rings. The molecular formula is C9H17N3O. The Balaban J connectivity index is 2.40. The minimum Gasteiger partial charge on any atom is -0.344 e. The van der Waals surface area contributed by atoms with Crippen molar-refractivity contribution in [1.82, 2.24) is 10.6 Å². The van der Waals surface area contributed by atoms with E-state index in [4.69, 9.17) is 0 Å². The maximum absolute atomic E-state index is 11.3. The van der Waals surface area contributed by atoms with Crippen molar-refractivity contribution in [2.45, 2.75) is 32.7 Å². The molecule has 74 valence electrons. The van der Waals surface area contributed by atoms with Crippen molar-refractivity contribution in [2.75, 3.05) is 7.05 Å². The van der Waals surface area contributed by atoms with Crippen molar-refractivity contribution in [1.29, 1.82) is 0 Å². The van der Waals surface area contributed by atoms with Crippen LogP contribution >= 0.6 is 0 Å². The predicted molar refractivity (Wildman–Crippen MR) is 52.5 cm³/mol. The van der Waals surface area contributed by atoms with E-state index in [2.05, 4.69) is 29.5 Å². The Morgan fingerprint density at radius 1 is 1.54 bits per heavy atom. The van der Waals surface area contributed by atoms with Crippen LogP contribution in [0.5, 0.6) is 0 Å². The number of guanidine groups is 1. The van der Waals surface area contributed by atoms with Gasteiger partial charge in [0.1, 0.15) is 6.04 Å². The second-order valence-electron chi connectivity index (χ2n) is 3.73. The van der Waals surface area contributed by atoms with E-state index in [1.807, 2.05) is 0 Å². The number of rotatable bonds is 3. The zero-order valence-corrected chi connectivity index (χ0v) is 8.42. The molecule has 1 aliphatic heterocycles. The van der Waals surface area contributed by atoms with Gasteiger partial charge >= 0.3 is 0 Å². The summed E-state index contributed by atoms with van der Waals surface area (Å²) >= 11 is 0. The molecule has 0 aliphatic carbocycles.